The highest BCUT2D eigenvalue weighted by Gasteiger charge is 2.56. The van der Waals surface area contributed by atoms with Gasteiger partial charge in [0.2, 0.25) is 0 Å². The largest absolute Gasteiger partial charge is 0.455 e. The van der Waals surface area contributed by atoms with Crippen LogP contribution >= 0.6 is 0 Å². The van der Waals surface area contributed by atoms with Crippen molar-refractivity contribution >= 4 is 21.9 Å². The van der Waals surface area contributed by atoms with E-state index >= 15 is 0 Å². The highest BCUT2D eigenvalue weighted by Crippen LogP contribution is 2.61. The van der Waals surface area contributed by atoms with Gasteiger partial charge in [-0.3, -0.25) is 4.98 Å². The van der Waals surface area contributed by atoms with Gasteiger partial charge in [-0.2, -0.15) is 0 Å². The molecule has 232 valence electrons. The molecule has 3 heterocycles. The lowest BCUT2D eigenvalue weighted by Crippen LogP contribution is -2.42. The van der Waals surface area contributed by atoms with Crippen LogP contribution in [0.3, 0.4) is 0 Å². The third-order valence-corrected chi connectivity index (χ3v) is 8.91. The lowest BCUT2D eigenvalue weighted by Gasteiger charge is -2.44. The summed E-state index contributed by atoms with van der Waals surface area (Å²) in [6.07, 6.45) is 1.39. The Labute approximate surface area is 301 Å². The van der Waals surface area contributed by atoms with E-state index in [0.717, 1.165) is 29.0 Å². The fourth-order valence-corrected chi connectivity index (χ4v) is 6.23. The second kappa shape index (κ2) is 10.2. The Hall–Kier alpha value is -5.16. The van der Waals surface area contributed by atoms with Crippen molar-refractivity contribution in [2.45, 2.75) is 58.9 Å². The molecule has 1 aliphatic carbocycles. The number of pyridine rings is 1. The van der Waals surface area contributed by atoms with Crippen LogP contribution in [-0.4, -0.2) is 19.9 Å². The van der Waals surface area contributed by atoms with Crippen molar-refractivity contribution in [3.63, 3.8) is 0 Å². The van der Waals surface area contributed by atoms with Gasteiger partial charge in [0.1, 0.15) is 11.2 Å². The number of hydrogen-bond acceptors (Lipinski definition) is 5. The van der Waals surface area contributed by atoms with E-state index in [1.54, 1.807) is 6.92 Å². The lowest BCUT2D eigenvalue weighted by atomic mass is 9.59. The summed E-state index contributed by atoms with van der Waals surface area (Å²) >= 11 is 0. The average molecular weight is 633 g/mol. The number of para-hydroxylation sites is 2. The van der Waals surface area contributed by atoms with Gasteiger partial charge in [-0.05, 0) is 64.1 Å². The lowest BCUT2D eigenvalue weighted by molar-refractivity contribution is 0.125. The third-order valence-electron chi connectivity index (χ3n) is 8.91. The molecule has 7 aromatic rings. The summed E-state index contributed by atoms with van der Waals surface area (Å²) in [6, 6.07) is 26.6. The number of fused-ring (bicyclic) bond motifs is 4. The van der Waals surface area contributed by atoms with Crippen molar-refractivity contribution in [1.29, 1.82) is 0 Å². The number of hydrogen-bond donors (Lipinski definition) is 0. The summed E-state index contributed by atoms with van der Waals surface area (Å²) in [4.78, 5) is 19.1. The number of nitrogens with zero attached hydrogens (tertiary/aromatic N) is 4. The van der Waals surface area contributed by atoms with E-state index in [4.69, 9.17) is 44.0 Å². The Morgan fingerprint density at radius 1 is 0.596 bits per heavy atom. The maximum atomic E-state index is 8.79. The van der Waals surface area contributed by atoms with E-state index < -0.39 is 68.5 Å². The predicted molar refractivity (Wildman–Crippen MR) is 191 cm³/mol. The predicted octanol–water partition coefficient (Wildman–Crippen LogP) is 10.7. The molecule has 0 N–H and O–H groups in total. The minimum absolute atomic E-state index is 0.0114. The number of aryl methyl sites for hydroxylation is 1. The van der Waals surface area contributed by atoms with Gasteiger partial charge in [-0.1, -0.05) is 114 Å². The van der Waals surface area contributed by atoms with Crippen LogP contribution in [0.1, 0.15) is 82.5 Å². The van der Waals surface area contributed by atoms with Gasteiger partial charge in [-0.15, -0.1) is 0 Å². The molecule has 5 heteroatoms. The maximum absolute atomic E-state index is 8.79. The molecule has 0 aliphatic heterocycles. The zero-order valence-electron chi connectivity index (χ0n) is 43.0. The van der Waals surface area contributed by atoms with Crippen LogP contribution in [-0.2, 0) is 10.8 Å². The van der Waals surface area contributed by atoms with Crippen LogP contribution in [0, 0.1) is 12.3 Å². The topological polar surface area (TPSA) is 64.7 Å². The summed E-state index contributed by atoms with van der Waals surface area (Å²) in [5.41, 5.74) is -11.7. The first-order valence-electron chi connectivity index (χ1n) is 23.8. The highest BCUT2D eigenvalue weighted by atomic mass is 16.3. The van der Waals surface area contributed by atoms with Crippen LogP contribution in [0.4, 0.5) is 0 Å². The zero-order valence-corrected chi connectivity index (χ0v) is 25.0. The Kier molecular flexibility index (Phi) is 3.38. The molecule has 0 saturated heterocycles. The molecule has 0 atom stereocenters. The van der Waals surface area contributed by atoms with Crippen molar-refractivity contribution in [3.05, 3.63) is 120 Å². The average Bonchev–Trinajstić information content (AvgIpc) is 3.72. The van der Waals surface area contributed by atoms with Crippen LogP contribution in [0.5, 0.6) is 0 Å². The first-order chi connectivity index (χ1) is 30.0. The molecule has 0 unspecified atom stereocenters. The molecular weight excluding hydrogens is 576 g/mol. The Balaban J connectivity index is 1.38. The fraction of sp³-hybridized carbons (Fsp3) is 0.238. The molecule has 0 spiro atoms. The zero-order chi connectivity index (χ0) is 47.7. The number of furan rings is 1. The van der Waals surface area contributed by atoms with E-state index in [-0.39, 0.29) is 22.9 Å². The first-order valence-corrected chi connectivity index (χ1v) is 14.8. The molecular formula is C42H38N4O. The monoisotopic (exact) mass is 632 g/mol. The molecule has 0 fully saturated rings. The summed E-state index contributed by atoms with van der Waals surface area (Å²) in [7, 11) is 0. The molecule has 0 saturated carbocycles. The van der Waals surface area contributed by atoms with Crippen LogP contribution in [0.2, 0.25) is 0 Å². The molecule has 4 aromatic carbocycles. The molecule has 47 heavy (non-hydrogen) atoms. The van der Waals surface area contributed by atoms with E-state index in [2.05, 4.69) is 4.98 Å². The van der Waals surface area contributed by atoms with Gasteiger partial charge in [-0.25, -0.2) is 15.0 Å². The minimum atomic E-state index is -4.50. The van der Waals surface area contributed by atoms with E-state index in [1.807, 2.05) is 72.8 Å². The molecule has 0 radical (unpaired) electrons. The van der Waals surface area contributed by atoms with E-state index in [1.165, 1.54) is 12.3 Å². The smallest absolute Gasteiger partial charge is 0.167 e. The summed E-state index contributed by atoms with van der Waals surface area (Å²) in [6.45, 7) is -23.7. The van der Waals surface area contributed by atoms with Crippen LogP contribution in [0.25, 0.3) is 67.4 Å². The Bertz CT molecular complexity index is 2960. The van der Waals surface area contributed by atoms with Crippen molar-refractivity contribution < 1.29 is 29.1 Å². The maximum Gasteiger partial charge on any atom is 0.167 e. The molecule has 8 rings (SSSR count). The van der Waals surface area contributed by atoms with Crippen molar-refractivity contribution in [2.24, 2.45) is 5.41 Å². The molecule has 3 aromatic heterocycles. The number of aromatic nitrogens is 4. The van der Waals surface area contributed by atoms with E-state index in [9.17, 15) is 0 Å². The minimum Gasteiger partial charge on any atom is -0.455 e. The normalized spacial score (nSPS) is 23.3. The van der Waals surface area contributed by atoms with Gasteiger partial charge >= 0.3 is 0 Å². The van der Waals surface area contributed by atoms with Crippen molar-refractivity contribution in [1.82, 2.24) is 19.9 Å². The van der Waals surface area contributed by atoms with Crippen LogP contribution in [0.15, 0.2) is 108 Å². The van der Waals surface area contributed by atoms with Gasteiger partial charge in [0.25, 0.3) is 0 Å². The Morgan fingerprint density at radius 2 is 1.30 bits per heavy atom. The van der Waals surface area contributed by atoms with Crippen molar-refractivity contribution in [2.75, 3.05) is 0 Å². The fourth-order valence-electron chi connectivity index (χ4n) is 6.23. The third kappa shape index (κ3) is 4.29. The van der Waals surface area contributed by atoms with Gasteiger partial charge < -0.3 is 4.42 Å². The van der Waals surface area contributed by atoms with Gasteiger partial charge in [0.15, 0.2) is 17.5 Å². The summed E-state index contributed by atoms with van der Waals surface area (Å²) in [5.74, 6) is 0.757. The SMILES string of the molecule is [2H]C([2H])([2H])C1(C([2H])([2H])[2H])c2ccc(-c3cc(C)c(-c4nc(-c5ccccc5)nc(-c5cccc6c5oc5ccccc56)n4)cn3)cc2C(C([2H])([2H])[2H])(C([2H])([2H])[2H])C1(C([2H])([2H])[2H])C([2H])([2H])[2H]. The van der Waals surface area contributed by atoms with Gasteiger partial charge in [0.05, 0.1) is 11.3 Å². The standard InChI is InChI=1S/C42H38N4O/c1-25-22-34(27-20-21-32-33(23-27)41(4,5)42(6,7)40(32,2)3)43-24-31(25)39-45-37(26-14-9-8-10-15-26)44-38(46-39)30-18-13-17-29-28-16-11-12-19-35(28)47-36(29)30/h8-24H,1-7H3/i2D3,3D3,4D3,5D3,6D3,7D3. The number of rotatable bonds is 4. The molecule has 5 nitrogen and oxygen atoms in total. The second-order valence-electron chi connectivity index (χ2n) is 11.8. The molecule has 1 aliphatic rings. The summed E-state index contributed by atoms with van der Waals surface area (Å²) in [5, 5.41) is 1.73. The second-order valence-corrected chi connectivity index (χ2v) is 11.8. The summed E-state index contributed by atoms with van der Waals surface area (Å²) < 4.78 is 164. The quantitative estimate of drug-likeness (QED) is 0.193. The van der Waals surface area contributed by atoms with E-state index in [0.29, 0.717) is 39.2 Å². The van der Waals surface area contributed by atoms with Gasteiger partial charge in [0, 0.05) is 58.3 Å². The number of benzene rings is 4. The highest BCUT2D eigenvalue weighted by molar-refractivity contribution is 6.09. The first kappa shape index (κ1) is 15.6. The Morgan fingerprint density at radius 3 is 2.06 bits per heavy atom. The van der Waals surface area contributed by atoms with Crippen molar-refractivity contribution in [3.8, 4) is 45.4 Å². The molecule has 0 bridgehead atoms. The molecule has 0 amide bonds. The van der Waals surface area contributed by atoms with Crippen LogP contribution < -0.4 is 0 Å².